The smallest absolute Gasteiger partial charge is 0.330 e. The van der Waals surface area contributed by atoms with Crippen molar-refractivity contribution in [3.8, 4) is 10.4 Å². The molecule has 101 heavy (non-hydrogen) atoms. The lowest BCUT2D eigenvalue weighted by molar-refractivity contribution is -0.145. The number of rotatable bonds is 13. The number of anilines is 2. The van der Waals surface area contributed by atoms with Crippen LogP contribution in [-0.2, 0) is 48.8 Å². The number of para-hydroxylation sites is 2. The Hall–Kier alpha value is -6.82. The SMILES string of the molecule is CC1(S(=O)(=O)NC(=O)[C@@]23C[C@H]2/C=C\CCCCC[C@H](Nc2ccc(Cl)c(Cl)c2)C(=O)N2C[C@H](Oc4nc5ccccc5s4)C[C@H]2C(=O)N3)CC1.CC1(S(N)(=O)=O)CC1.O=C1N[C@]2(C(=O)O)C[C@H]2/C=C\CCCCC[C@H](Nc2ccc(Cl)c(Cl)c2)C(=O)N2C[C@H](Oc3nc4ccccc4s3)C[C@@H]12. The summed E-state index contributed by atoms with van der Waals surface area (Å²) in [6.45, 7) is 3.55. The maximum Gasteiger partial charge on any atom is 0.330 e. The van der Waals surface area contributed by atoms with Gasteiger partial charge in [-0.15, -0.1) is 0 Å². The van der Waals surface area contributed by atoms with Gasteiger partial charge in [0.1, 0.15) is 47.5 Å². The molecule has 4 saturated carbocycles. The third-order valence-corrected chi connectivity index (χ3v) is 27.6. The molecule has 2 saturated heterocycles. The molecule has 6 heterocycles. The van der Waals surface area contributed by atoms with Crippen LogP contribution in [0.3, 0.4) is 0 Å². The second-order valence-electron chi connectivity index (χ2n) is 27.9. The van der Waals surface area contributed by atoms with Crippen LogP contribution in [0.1, 0.15) is 129 Å². The number of carboxylic acids is 1. The normalized spacial score (nSPS) is 28.4. The Morgan fingerprint density at radius 1 is 0.604 bits per heavy atom. The maximum atomic E-state index is 14.5. The number of carbonyl (C=O) groups is 6. The predicted molar refractivity (Wildman–Crippen MR) is 392 cm³/mol. The number of primary sulfonamides is 1. The van der Waals surface area contributed by atoms with Crippen LogP contribution in [-0.4, -0.2) is 147 Å². The van der Waals surface area contributed by atoms with Crippen LogP contribution < -0.4 is 40.6 Å². The molecule has 8 N–H and O–H groups in total. The van der Waals surface area contributed by atoms with Crippen LogP contribution >= 0.6 is 69.1 Å². The molecule has 4 aliphatic carbocycles. The molecule has 8 aliphatic rings. The number of amides is 5. The molecule has 0 bridgehead atoms. The van der Waals surface area contributed by atoms with Crippen molar-refractivity contribution in [2.75, 3.05) is 23.7 Å². The molecule has 540 valence electrons. The van der Waals surface area contributed by atoms with Crippen LogP contribution in [0.25, 0.3) is 20.4 Å². The summed E-state index contributed by atoms with van der Waals surface area (Å²) in [5.41, 5.74) is 0.0309. The third-order valence-electron chi connectivity index (χ3n) is 20.3. The summed E-state index contributed by atoms with van der Waals surface area (Å²) in [4.78, 5) is 95.1. The zero-order valence-corrected chi connectivity index (χ0v) is 61.8. The largest absolute Gasteiger partial charge is 0.479 e. The van der Waals surface area contributed by atoms with Gasteiger partial charge in [-0.1, -0.05) is 143 Å². The van der Waals surface area contributed by atoms with Crippen LogP contribution in [0.5, 0.6) is 10.4 Å². The van der Waals surface area contributed by atoms with E-state index >= 15 is 0 Å². The number of allylic oxidation sites excluding steroid dienone is 2. The summed E-state index contributed by atoms with van der Waals surface area (Å²) >= 11 is 27.6. The number of carboxylic acid groups (broad SMARTS) is 1. The van der Waals surface area contributed by atoms with E-state index in [1.165, 1.54) is 32.5 Å². The van der Waals surface area contributed by atoms with E-state index in [4.69, 9.17) is 61.0 Å². The highest BCUT2D eigenvalue weighted by atomic mass is 35.5. The molecule has 6 fully saturated rings. The molecule has 0 unspecified atom stereocenters. The van der Waals surface area contributed by atoms with E-state index in [-0.39, 0.29) is 56.0 Å². The van der Waals surface area contributed by atoms with Gasteiger partial charge in [-0.25, -0.2) is 36.7 Å². The number of nitrogens with zero attached hydrogens (tertiary/aromatic N) is 4. The number of nitrogens with one attached hydrogen (secondary N) is 5. The monoisotopic (exact) mass is 1540 g/mol. The number of benzene rings is 4. The molecule has 0 spiro atoms. The molecule has 0 radical (unpaired) electrons. The number of aromatic nitrogens is 2. The van der Waals surface area contributed by atoms with Crippen LogP contribution in [0.4, 0.5) is 11.4 Å². The van der Waals surface area contributed by atoms with E-state index in [1.54, 1.807) is 50.2 Å². The van der Waals surface area contributed by atoms with Crippen molar-refractivity contribution in [1.82, 2.24) is 35.1 Å². The number of ether oxygens (including phenoxy) is 2. The van der Waals surface area contributed by atoms with Crippen LogP contribution in [0.2, 0.25) is 20.1 Å². The van der Waals surface area contributed by atoms with Gasteiger partial charge in [0.2, 0.25) is 43.7 Å². The minimum atomic E-state index is -3.94. The minimum Gasteiger partial charge on any atom is -0.479 e. The lowest BCUT2D eigenvalue weighted by Crippen LogP contribution is -2.58. The standard InChI is InChI=1S/C35H39Cl2N5O6S2.C31H32Cl2N4O5S.C4H9NO2S/c1-34(15-16-34)50(46,47)41-32(45)35-19-21(35)9-5-3-2-4-6-11-27(38-22-13-14-24(36)25(37)17-22)31(44)42-20-23(18-28(42)30(43)40-35)48-33-39-26-10-7-8-12-29(26)49-33;32-21-13-12-19(14-22(21)33)34-24-10-5-3-1-2-4-8-18-16-31(18,29(40)41)36-27(38)25-15-20(17-37(25)28(24)39)42-30-35-23-9-6-7-11-26(23)43-30;1-4(2-3-4)8(5,6)7/h5,7-10,12-14,17,21,23,27-28,38H,2-4,6,11,15-16,18-20H2,1H3,(H,40,43)(H,41,45);4,6-9,11-14,18,20,24-25,34H,1-3,5,10,15-17H2,(H,36,38)(H,40,41);2-3H2,1H3,(H2,5,6,7)/b9-5-;8-4-;/t21-,23-,27+,28+,35-;18-,20-,24+,25+,31-;/m11./s1. The van der Waals surface area contributed by atoms with Gasteiger partial charge >= 0.3 is 5.97 Å². The fourth-order valence-corrected chi connectivity index (χ4v) is 17.6. The third kappa shape index (κ3) is 16.9. The van der Waals surface area contributed by atoms with E-state index in [2.05, 4.69) is 36.0 Å². The fraction of sp³-hybridized carbons (Fsp3) is 0.486. The molecular formula is C70H80Cl4N10O13S4. The molecule has 4 aromatic carbocycles. The summed E-state index contributed by atoms with van der Waals surface area (Å²) in [5, 5.41) is 29.7. The Bertz CT molecular complexity index is 4410. The molecule has 2 aromatic heterocycles. The minimum absolute atomic E-state index is 0.113. The Kier molecular flexibility index (Phi) is 22.0. The second kappa shape index (κ2) is 30.1. The van der Waals surface area contributed by atoms with Crippen molar-refractivity contribution in [1.29, 1.82) is 0 Å². The highest BCUT2D eigenvalue weighted by Gasteiger charge is 2.64. The van der Waals surface area contributed by atoms with Crippen molar-refractivity contribution >= 4 is 156 Å². The number of thiazole rings is 2. The van der Waals surface area contributed by atoms with Gasteiger partial charge in [0.15, 0.2) is 0 Å². The zero-order chi connectivity index (χ0) is 71.8. The molecule has 14 rings (SSSR count). The number of halogens is 4. The topological polar surface area (TPSA) is 328 Å². The van der Waals surface area contributed by atoms with E-state index < -0.39 is 101 Å². The van der Waals surface area contributed by atoms with E-state index in [9.17, 15) is 50.7 Å². The summed E-state index contributed by atoms with van der Waals surface area (Å²) in [5.74, 6) is -4.09. The van der Waals surface area contributed by atoms with Gasteiger partial charge in [-0.05, 0) is 152 Å². The van der Waals surface area contributed by atoms with E-state index in [0.717, 1.165) is 84.6 Å². The molecular weight excluding hydrogens is 1460 g/mol. The Labute approximate surface area is 614 Å². The van der Waals surface area contributed by atoms with E-state index in [0.29, 0.717) is 74.0 Å². The molecule has 31 heteroatoms. The summed E-state index contributed by atoms with van der Waals surface area (Å²) in [6.07, 6.45) is 17.7. The first-order valence-corrected chi connectivity index (χ1v) is 40.1. The summed E-state index contributed by atoms with van der Waals surface area (Å²) < 4.78 is 62.4. The Balaban J connectivity index is 0.000000173. The maximum absolute atomic E-state index is 14.5. The van der Waals surface area contributed by atoms with Gasteiger partial charge in [-0.2, -0.15) is 0 Å². The first kappa shape index (κ1) is 73.9. The molecule has 4 aliphatic heterocycles. The Morgan fingerprint density at radius 3 is 1.46 bits per heavy atom. The van der Waals surface area contributed by atoms with Gasteiger partial charge in [0.25, 0.3) is 16.3 Å². The molecule has 5 amide bonds. The van der Waals surface area contributed by atoms with Crippen molar-refractivity contribution in [2.45, 2.75) is 186 Å². The number of sulfonamides is 2. The number of nitrogens with two attached hydrogens (primary N) is 1. The van der Waals surface area contributed by atoms with Crippen LogP contribution in [0.15, 0.2) is 109 Å². The van der Waals surface area contributed by atoms with E-state index in [1.807, 2.05) is 72.8 Å². The first-order chi connectivity index (χ1) is 48.1. The first-order valence-electron chi connectivity index (χ1n) is 33.9. The zero-order valence-electron chi connectivity index (χ0n) is 55.5. The quantitative estimate of drug-likeness (QED) is 0.0528. The number of carbonyl (C=O) groups excluding carboxylic acids is 5. The van der Waals surface area contributed by atoms with Crippen molar-refractivity contribution < 1.29 is 60.2 Å². The average molecular weight is 1540 g/mol. The number of fused-ring (bicyclic) bond motifs is 6. The molecule has 10 atom stereocenters. The highest BCUT2D eigenvalue weighted by Crippen LogP contribution is 2.49. The number of hydrogen-bond donors (Lipinski definition) is 7. The van der Waals surface area contributed by atoms with Gasteiger partial charge in [0, 0.05) is 36.1 Å². The second-order valence-corrected chi connectivity index (χ2v) is 35.8. The fourth-order valence-electron chi connectivity index (χ4n) is 13.2. The van der Waals surface area contributed by atoms with Crippen molar-refractivity contribution in [3.05, 3.63) is 129 Å². The Morgan fingerprint density at radius 2 is 1.04 bits per heavy atom. The lowest BCUT2D eigenvalue weighted by atomic mass is 10.0. The van der Waals surface area contributed by atoms with Gasteiger partial charge in [-0.3, -0.25) is 28.7 Å². The van der Waals surface area contributed by atoms with Crippen molar-refractivity contribution in [2.24, 2.45) is 17.0 Å². The molecule has 6 aromatic rings. The highest BCUT2D eigenvalue weighted by molar-refractivity contribution is 7.91. The lowest BCUT2D eigenvalue weighted by Gasteiger charge is -2.30. The van der Waals surface area contributed by atoms with Crippen LogP contribution in [0, 0.1) is 11.8 Å². The summed E-state index contributed by atoms with van der Waals surface area (Å²) in [7, 11) is -7.17. The average Bonchev–Trinajstić information content (AvgIpc) is 1.57. The predicted octanol–water partition coefficient (Wildman–Crippen LogP) is 11.6. The van der Waals surface area contributed by atoms with Crippen molar-refractivity contribution in [3.63, 3.8) is 0 Å². The van der Waals surface area contributed by atoms with Gasteiger partial charge < -0.3 is 45.6 Å². The number of hydrogen-bond acceptors (Lipinski definition) is 18. The number of aliphatic carboxylic acids is 1. The summed E-state index contributed by atoms with van der Waals surface area (Å²) in [6, 6.07) is 22.3. The molecule has 23 nitrogen and oxygen atoms in total. The van der Waals surface area contributed by atoms with Gasteiger partial charge in [0.05, 0.1) is 63.1 Å².